The first-order valence-corrected chi connectivity index (χ1v) is 6.48. The zero-order chi connectivity index (χ0) is 11.4. The van der Waals surface area contributed by atoms with E-state index in [0.717, 1.165) is 6.54 Å². The van der Waals surface area contributed by atoms with Crippen molar-refractivity contribution in [3.05, 3.63) is 29.0 Å². The van der Waals surface area contributed by atoms with Crippen LogP contribution in [0.1, 0.15) is 38.2 Å². The van der Waals surface area contributed by atoms with E-state index in [1.165, 1.54) is 37.8 Å². The van der Waals surface area contributed by atoms with Crippen LogP contribution in [0.4, 0.5) is 0 Å². The van der Waals surface area contributed by atoms with Gasteiger partial charge in [0.1, 0.15) is 5.15 Å². The van der Waals surface area contributed by atoms with Gasteiger partial charge in [-0.15, -0.1) is 0 Å². The lowest BCUT2D eigenvalue weighted by atomic mass is 10.1. The van der Waals surface area contributed by atoms with Crippen LogP contribution in [0.25, 0.3) is 0 Å². The average Bonchev–Trinajstić information content (AvgIpc) is 2.48. The molecule has 0 saturated carbocycles. The molecule has 88 valence electrons. The van der Waals surface area contributed by atoms with Crippen molar-refractivity contribution in [3.63, 3.8) is 0 Å². The summed E-state index contributed by atoms with van der Waals surface area (Å²) in [5.74, 6) is 0. The fourth-order valence-electron chi connectivity index (χ4n) is 2.30. The van der Waals surface area contributed by atoms with Gasteiger partial charge >= 0.3 is 0 Å². The molecule has 0 aromatic carbocycles. The first-order valence-electron chi connectivity index (χ1n) is 6.10. The number of aromatic nitrogens is 1. The van der Waals surface area contributed by atoms with Gasteiger partial charge in [0.05, 0.1) is 0 Å². The minimum Gasteiger partial charge on any atom is -0.296 e. The molecule has 2 heterocycles. The molecule has 2 nitrogen and oxygen atoms in total. The van der Waals surface area contributed by atoms with Gasteiger partial charge < -0.3 is 0 Å². The van der Waals surface area contributed by atoms with Crippen molar-refractivity contribution in [2.75, 3.05) is 6.54 Å². The monoisotopic (exact) mass is 238 g/mol. The summed E-state index contributed by atoms with van der Waals surface area (Å²) in [6.07, 6.45) is 7.28. The Labute approximate surface area is 103 Å². The van der Waals surface area contributed by atoms with Crippen LogP contribution in [0.15, 0.2) is 18.3 Å². The van der Waals surface area contributed by atoms with Crippen molar-refractivity contribution >= 4 is 11.6 Å². The quantitative estimate of drug-likeness (QED) is 0.734. The fraction of sp³-hybridized carbons (Fsp3) is 0.615. The predicted octanol–water partition coefficient (Wildman–Crippen LogP) is 3.50. The Morgan fingerprint density at radius 2 is 2.25 bits per heavy atom. The lowest BCUT2D eigenvalue weighted by Gasteiger charge is -2.26. The number of pyridine rings is 1. The van der Waals surface area contributed by atoms with Gasteiger partial charge in [-0.2, -0.15) is 0 Å². The molecule has 2 rings (SSSR count). The Hall–Kier alpha value is -0.600. The molecule has 1 atom stereocenters. The van der Waals surface area contributed by atoms with Gasteiger partial charge in [0.15, 0.2) is 0 Å². The predicted molar refractivity (Wildman–Crippen MR) is 67.6 cm³/mol. The number of rotatable bonds is 2. The summed E-state index contributed by atoms with van der Waals surface area (Å²) in [4.78, 5) is 6.69. The molecule has 1 aliphatic rings. The number of halogens is 1. The van der Waals surface area contributed by atoms with Crippen molar-refractivity contribution in [1.29, 1.82) is 0 Å². The van der Waals surface area contributed by atoms with Crippen molar-refractivity contribution in [2.45, 2.75) is 45.2 Å². The highest BCUT2D eigenvalue weighted by Gasteiger charge is 2.16. The van der Waals surface area contributed by atoms with Gasteiger partial charge in [0, 0.05) is 18.8 Å². The third-order valence-electron chi connectivity index (χ3n) is 3.36. The molecule has 1 saturated heterocycles. The molecular weight excluding hydrogens is 220 g/mol. The van der Waals surface area contributed by atoms with Crippen molar-refractivity contribution in [1.82, 2.24) is 9.88 Å². The van der Waals surface area contributed by atoms with Gasteiger partial charge in [0.25, 0.3) is 0 Å². The Kier molecular flexibility index (Phi) is 4.19. The second-order valence-corrected chi connectivity index (χ2v) is 5.05. The van der Waals surface area contributed by atoms with Crippen LogP contribution in [-0.2, 0) is 6.54 Å². The molecular formula is C13H19ClN2. The van der Waals surface area contributed by atoms with Gasteiger partial charge in [-0.1, -0.05) is 30.5 Å². The van der Waals surface area contributed by atoms with E-state index in [4.69, 9.17) is 11.6 Å². The van der Waals surface area contributed by atoms with E-state index in [0.29, 0.717) is 11.2 Å². The molecule has 3 heteroatoms. The van der Waals surface area contributed by atoms with Crippen LogP contribution in [0.3, 0.4) is 0 Å². The van der Waals surface area contributed by atoms with Gasteiger partial charge in [-0.05, 0) is 37.9 Å². The highest BCUT2D eigenvalue weighted by Crippen LogP contribution is 2.18. The highest BCUT2D eigenvalue weighted by atomic mass is 35.5. The summed E-state index contributed by atoms with van der Waals surface area (Å²) < 4.78 is 0. The lowest BCUT2D eigenvalue weighted by molar-refractivity contribution is 0.204. The first-order chi connectivity index (χ1) is 7.75. The molecule has 0 aliphatic carbocycles. The van der Waals surface area contributed by atoms with E-state index in [-0.39, 0.29) is 0 Å². The largest absolute Gasteiger partial charge is 0.296 e. The second kappa shape index (κ2) is 5.65. The molecule has 0 bridgehead atoms. The van der Waals surface area contributed by atoms with E-state index in [9.17, 15) is 0 Å². The number of nitrogens with zero attached hydrogens (tertiary/aromatic N) is 2. The summed E-state index contributed by atoms with van der Waals surface area (Å²) in [5.41, 5.74) is 1.26. The van der Waals surface area contributed by atoms with Crippen LogP contribution in [0, 0.1) is 0 Å². The smallest absolute Gasteiger partial charge is 0.129 e. The number of likely N-dealkylation sites (tertiary alicyclic amines) is 1. The minimum atomic E-state index is 0.577. The first kappa shape index (κ1) is 11.9. The van der Waals surface area contributed by atoms with E-state index in [1.54, 1.807) is 0 Å². The molecule has 0 amide bonds. The van der Waals surface area contributed by atoms with Crippen molar-refractivity contribution < 1.29 is 0 Å². The fourth-order valence-corrected chi connectivity index (χ4v) is 2.42. The Morgan fingerprint density at radius 1 is 1.38 bits per heavy atom. The maximum absolute atomic E-state index is 5.78. The van der Waals surface area contributed by atoms with Crippen LogP contribution in [0.5, 0.6) is 0 Å². The van der Waals surface area contributed by atoms with E-state index in [1.807, 2.05) is 12.3 Å². The molecule has 0 radical (unpaired) electrons. The normalized spacial score (nSPS) is 23.0. The molecule has 1 aliphatic heterocycles. The summed E-state index contributed by atoms with van der Waals surface area (Å²) in [6, 6.07) is 4.64. The molecule has 1 unspecified atom stereocenters. The SMILES string of the molecule is CC1CCCCCN1Cc1ccc(Cl)nc1. The lowest BCUT2D eigenvalue weighted by Crippen LogP contribution is -2.31. The number of hydrogen-bond donors (Lipinski definition) is 0. The second-order valence-electron chi connectivity index (χ2n) is 4.66. The molecule has 1 aromatic rings. The van der Waals surface area contributed by atoms with Crippen LogP contribution < -0.4 is 0 Å². The van der Waals surface area contributed by atoms with E-state index in [2.05, 4.69) is 22.9 Å². The van der Waals surface area contributed by atoms with Gasteiger partial charge in [0.2, 0.25) is 0 Å². The summed E-state index contributed by atoms with van der Waals surface area (Å²) >= 11 is 5.78. The average molecular weight is 239 g/mol. The Morgan fingerprint density at radius 3 is 3.00 bits per heavy atom. The topological polar surface area (TPSA) is 16.1 Å². The Balaban J connectivity index is 1.99. The van der Waals surface area contributed by atoms with Crippen molar-refractivity contribution in [2.24, 2.45) is 0 Å². The maximum Gasteiger partial charge on any atom is 0.129 e. The van der Waals surface area contributed by atoms with Crippen LogP contribution in [-0.4, -0.2) is 22.5 Å². The summed E-state index contributed by atoms with van der Waals surface area (Å²) in [6.45, 7) is 4.55. The molecule has 16 heavy (non-hydrogen) atoms. The molecule has 1 fully saturated rings. The van der Waals surface area contributed by atoms with Crippen LogP contribution in [0.2, 0.25) is 5.15 Å². The molecule has 0 spiro atoms. The van der Waals surface area contributed by atoms with Gasteiger partial charge in [-0.3, -0.25) is 4.90 Å². The highest BCUT2D eigenvalue weighted by molar-refractivity contribution is 6.29. The van der Waals surface area contributed by atoms with Crippen molar-refractivity contribution in [3.8, 4) is 0 Å². The minimum absolute atomic E-state index is 0.577. The summed E-state index contributed by atoms with van der Waals surface area (Å²) in [7, 11) is 0. The van der Waals surface area contributed by atoms with E-state index < -0.39 is 0 Å². The Bertz CT molecular complexity index is 323. The van der Waals surface area contributed by atoms with Crippen LogP contribution >= 0.6 is 11.6 Å². The zero-order valence-corrected chi connectivity index (χ0v) is 10.6. The summed E-state index contributed by atoms with van der Waals surface area (Å²) in [5, 5.41) is 0.577. The third-order valence-corrected chi connectivity index (χ3v) is 3.59. The molecule has 1 aromatic heterocycles. The van der Waals surface area contributed by atoms with Gasteiger partial charge in [-0.25, -0.2) is 4.98 Å². The zero-order valence-electron chi connectivity index (χ0n) is 9.82. The van der Waals surface area contributed by atoms with E-state index >= 15 is 0 Å². The maximum atomic E-state index is 5.78. The number of hydrogen-bond acceptors (Lipinski definition) is 2. The standard InChI is InChI=1S/C13H19ClN2/c1-11-5-3-2-4-8-16(11)10-12-6-7-13(14)15-9-12/h6-7,9,11H,2-5,8,10H2,1H3. The molecule has 0 N–H and O–H groups in total. The third kappa shape index (κ3) is 3.19.